The Kier molecular flexibility index (Phi) is 30.7. The maximum absolute atomic E-state index is 12.7. The first-order valence-corrected chi connectivity index (χ1v) is 24.0. The second-order valence-electron chi connectivity index (χ2n) is 16.5. The molecule has 1 rings (SSSR count). The van der Waals surface area contributed by atoms with E-state index in [-0.39, 0.29) is 26.1 Å². The van der Waals surface area contributed by atoms with Crippen LogP contribution in [0.1, 0.15) is 146 Å². The molecule has 12 heteroatoms. The van der Waals surface area contributed by atoms with Gasteiger partial charge in [-0.15, -0.1) is 0 Å². The number of rotatable bonds is 36. The summed E-state index contributed by atoms with van der Waals surface area (Å²) in [5.74, 6) is 1.34. The number of nitrogens with zero attached hydrogens (tertiary/aromatic N) is 1. The molecule has 0 saturated heterocycles. The Bertz CT molecular complexity index is 1500. The molecule has 0 fully saturated rings. The van der Waals surface area contributed by atoms with Gasteiger partial charge in [-0.05, 0) is 82.8 Å². The van der Waals surface area contributed by atoms with Crippen LogP contribution in [0.2, 0.25) is 0 Å². The van der Waals surface area contributed by atoms with Crippen molar-refractivity contribution in [3.05, 3.63) is 83.4 Å². The number of phosphoric acid groups is 1. The molecule has 1 heterocycles. The van der Waals surface area contributed by atoms with Crippen molar-refractivity contribution in [3.8, 4) is 0 Å². The Morgan fingerprint density at radius 1 is 0.733 bits per heavy atom. The second kappa shape index (κ2) is 33.6. The molecule has 3 atom stereocenters. The monoisotopic (exact) mass is 863 g/mol. The van der Waals surface area contributed by atoms with Gasteiger partial charge in [0.1, 0.15) is 31.3 Å². The number of aliphatic hydroxyl groups excluding tert-OH is 1. The molecule has 0 aliphatic carbocycles. The summed E-state index contributed by atoms with van der Waals surface area (Å²) in [6, 6.07) is 0. The summed E-state index contributed by atoms with van der Waals surface area (Å²) < 4.78 is 40.5. The van der Waals surface area contributed by atoms with Gasteiger partial charge < -0.3 is 28.4 Å². The SMILES string of the molecule is CC/C=C\C(O)C/C=C/C=C\C/C=C\C/C=C\CCCC(=O)O[C@H](COC(=O)CCCCCCCCc1oc(CCCCC)c(C)c1C)COP(=O)(O)OCC[N+](C)(C)C. The third kappa shape index (κ3) is 30.1. The highest BCUT2D eigenvalue weighted by atomic mass is 31.2. The number of ether oxygens (including phenoxy) is 2. The van der Waals surface area contributed by atoms with Crippen LogP contribution in [0.25, 0.3) is 0 Å². The average Bonchev–Trinajstić information content (AvgIpc) is 3.46. The van der Waals surface area contributed by atoms with Crippen LogP contribution in [0.4, 0.5) is 0 Å². The first-order chi connectivity index (χ1) is 28.7. The molecule has 0 saturated carbocycles. The van der Waals surface area contributed by atoms with Crippen LogP contribution in [-0.2, 0) is 45.5 Å². The number of phosphoric ester groups is 1. The summed E-state index contributed by atoms with van der Waals surface area (Å²) in [7, 11) is 1.38. The van der Waals surface area contributed by atoms with Crippen LogP contribution < -0.4 is 0 Å². The minimum atomic E-state index is -4.42. The molecular weight excluding hydrogens is 781 g/mol. The van der Waals surface area contributed by atoms with E-state index in [1.165, 1.54) is 30.4 Å². The molecule has 0 aliphatic rings. The molecule has 1 aromatic rings. The van der Waals surface area contributed by atoms with Crippen LogP contribution >= 0.6 is 7.82 Å². The highest BCUT2D eigenvalue weighted by Gasteiger charge is 2.27. The Morgan fingerprint density at radius 2 is 1.33 bits per heavy atom. The van der Waals surface area contributed by atoms with Crippen molar-refractivity contribution in [2.24, 2.45) is 0 Å². The predicted molar refractivity (Wildman–Crippen MR) is 243 cm³/mol. The molecular formula is C48H81NO10P+. The van der Waals surface area contributed by atoms with E-state index in [0.717, 1.165) is 75.7 Å². The summed E-state index contributed by atoms with van der Waals surface area (Å²) >= 11 is 0. The Labute approximate surface area is 363 Å². The van der Waals surface area contributed by atoms with E-state index in [9.17, 15) is 24.2 Å². The molecule has 0 amide bonds. The van der Waals surface area contributed by atoms with Gasteiger partial charge in [0.15, 0.2) is 6.10 Å². The third-order valence-corrected chi connectivity index (χ3v) is 10.8. The van der Waals surface area contributed by atoms with Crippen LogP contribution in [0.5, 0.6) is 0 Å². The number of quaternary nitrogens is 1. The minimum absolute atomic E-state index is 0.00211. The van der Waals surface area contributed by atoms with Crippen LogP contribution in [-0.4, -0.2) is 86.1 Å². The maximum atomic E-state index is 12.7. The smallest absolute Gasteiger partial charge is 0.466 e. The van der Waals surface area contributed by atoms with Crippen LogP contribution in [0.3, 0.4) is 0 Å². The summed E-state index contributed by atoms with van der Waals surface area (Å²) in [6.45, 7) is 8.33. The van der Waals surface area contributed by atoms with Gasteiger partial charge in [0.2, 0.25) is 0 Å². The molecule has 0 aromatic carbocycles. The second-order valence-corrected chi connectivity index (χ2v) is 17.9. The van der Waals surface area contributed by atoms with E-state index < -0.39 is 38.6 Å². The van der Waals surface area contributed by atoms with Gasteiger partial charge in [-0.25, -0.2) is 4.57 Å². The number of carbonyl (C=O) groups excluding carboxylic acids is 2. The zero-order chi connectivity index (χ0) is 44.5. The number of furan rings is 1. The van der Waals surface area contributed by atoms with Gasteiger partial charge in [0, 0.05) is 25.7 Å². The lowest BCUT2D eigenvalue weighted by atomic mass is 10.0. The van der Waals surface area contributed by atoms with Crippen molar-refractivity contribution >= 4 is 19.8 Å². The number of carbonyl (C=O) groups is 2. The van der Waals surface area contributed by atoms with E-state index in [1.54, 1.807) is 0 Å². The number of hydrogen-bond donors (Lipinski definition) is 2. The van der Waals surface area contributed by atoms with Crippen molar-refractivity contribution in [3.63, 3.8) is 0 Å². The largest absolute Gasteiger partial charge is 0.472 e. The molecule has 2 N–H and O–H groups in total. The predicted octanol–water partition coefficient (Wildman–Crippen LogP) is 11.1. The third-order valence-electron chi connectivity index (χ3n) is 9.84. The number of aliphatic hydroxyl groups is 1. The average molecular weight is 863 g/mol. The summed E-state index contributed by atoms with van der Waals surface area (Å²) in [5.41, 5.74) is 2.60. The minimum Gasteiger partial charge on any atom is -0.466 e. The van der Waals surface area contributed by atoms with Gasteiger partial charge in [0.05, 0.1) is 33.9 Å². The molecule has 342 valence electrons. The fourth-order valence-electron chi connectivity index (χ4n) is 6.01. The number of likely N-dealkylation sites (N-methyl/N-ethyl adjacent to an activating group) is 1. The number of esters is 2. The molecule has 2 unspecified atom stereocenters. The van der Waals surface area contributed by atoms with E-state index in [4.69, 9.17) is 22.9 Å². The van der Waals surface area contributed by atoms with Crippen molar-refractivity contribution in [2.75, 3.05) is 47.5 Å². The lowest BCUT2D eigenvalue weighted by Crippen LogP contribution is -2.37. The molecule has 0 bridgehead atoms. The topological polar surface area (TPSA) is 142 Å². The van der Waals surface area contributed by atoms with Gasteiger partial charge in [-0.2, -0.15) is 0 Å². The van der Waals surface area contributed by atoms with Crippen LogP contribution in [0.15, 0.2) is 65.2 Å². The standard InChI is InChI=1S/C48H80NO10P/c1-8-10-26-33-45-41(3)42(4)46(59-45)34-28-23-20-21-24-29-35-47(51)55-39-44(40-57-60(53,54)56-38-37-49(5,6)7)58-48(52)36-30-25-19-17-15-13-12-14-16-18-22-27-32-43(50)31-11-9-2/h11-13,16-19,22,27,31,43-44,50H,8-10,14-15,20-21,23-26,28-30,32-40H2,1-7H3/p+1/b13-12-,18-16-,19-17-,27-22+,31-11-/t43?,44-/m1/s1. The number of aryl methyl sites for hydroxylation is 2. The van der Waals surface area contributed by atoms with E-state index in [2.05, 4.69) is 32.9 Å². The molecule has 0 aliphatic heterocycles. The number of hydrogen-bond acceptors (Lipinski definition) is 9. The zero-order valence-corrected chi connectivity index (χ0v) is 39.1. The zero-order valence-electron chi connectivity index (χ0n) is 38.2. The highest BCUT2D eigenvalue weighted by Crippen LogP contribution is 2.43. The van der Waals surface area contributed by atoms with E-state index in [1.807, 2.05) is 76.7 Å². The maximum Gasteiger partial charge on any atom is 0.472 e. The summed E-state index contributed by atoms with van der Waals surface area (Å²) in [6.07, 6.45) is 34.5. The quantitative estimate of drug-likeness (QED) is 0.0167. The first-order valence-electron chi connectivity index (χ1n) is 22.5. The van der Waals surface area contributed by atoms with Crippen LogP contribution in [0, 0.1) is 13.8 Å². The van der Waals surface area contributed by atoms with Gasteiger partial charge in [-0.1, -0.05) is 113 Å². The molecule has 0 spiro atoms. The van der Waals surface area contributed by atoms with Gasteiger partial charge in [-0.3, -0.25) is 18.6 Å². The number of unbranched alkanes of at least 4 members (excludes halogenated alkanes) is 8. The fraction of sp³-hybridized carbons (Fsp3) is 0.667. The molecule has 11 nitrogen and oxygen atoms in total. The fourth-order valence-corrected chi connectivity index (χ4v) is 6.75. The summed E-state index contributed by atoms with van der Waals surface area (Å²) in [4.78, 5) is 35.5. The van der Waals surface area contributed by atoms with E-state index >= 15 is 0 Å². The molecule has 60 heavy (non-hydrogen) atoms. The highest BCUT2D eigenvalue weighted by molar-refractivity contribution is 7.47. The Balaban J connectivity index is 2.44. The Hall–Kier alpha value is -3.05. The molecule has 1 aromatic heterocycles. The van der Waals surface area contributed by atoms with E-state index in [0.29, 0.717) is 36.7 Å². The number of allylic oxidation sites excluding steroid dienone is 8. The van der Waals surface area contributed by atoms with Crippen molar-refractivity contribution < 1.29 is 51.6 Å². The lowest BCUT2D eigenvalue weighted by Gasteiger charge is -2.24. The van der Waals surface area contributed by atoms with Crippen molar-refractivity contribution in [1.82, 2.24) is 0 Å². The van der Waals surface area contributed by atoms with Gasteiger partial charge >= 0.3 is 19.8 Å². The summed E-state index contributed by atoms with van der Waals surface area (Å²) in [5, 5.41) is 9.78. The van der Waals surface area contributed by atoms with Gasteiger partial charge in [0.25, 0.3) is 0 Å². The normalized spacial score (nSPS) is 14.6. The van der Waals surface area contributed by atoms with Crippen molar-refractivity contribution in [1.29, 1.82) is 0 Å². The Morgan fingerprint density at radius 3 is 2.00 bits per heavy atom. The molecule has 0 radical (unpaired) electrons. The lowest BCUT2D eigenvalue weighted by molar-refractivity contribution is -0.870. The van der Waals surface area contributed by atoms with Crippen molar-refractivity contribution in [2.45, 2.75) is 162 Å². The first kappa shape index (κ1) is 55.0.